The van der Waals surface area contributed by atoms with Crippen molar-refractivity contribution in [3.63, 3.8) is 0 Å². The highest BCUT2D eigenvalue weighted by molar-refractivity contribution is 7.24. The molecule has 9 nitrogen and oxygen atoms in total. The van der Waals surface area contributed by atoms with Gasteiger partial charge in [-0.3, -0.25) is 13.8 Å². The van der Waals surface area contributed by atoms with Gasteiger partial charge in [-0.2, -0.15) is 13.2 Å². The van der Waals surface area contributed by atoms with Crippen molar-refractivity contribution in [2.45, 2.75) is 37.9 Å². The number of alkyl halides is 3. The number of aliphatic hydroxyl groups is 1. The fourth-order valence-electron chi connectivity index (χ4n) is 3.87. The molecule has 0 spiro atoms. The van der Waals surface area contributed by atoms with E-state index in [1.54, 1.807) is 11.8 Å². The van der Waals surface area contributed by atoms with Crippen LogP contribution in [0.25, 0.3) is 16.7 Å². The molecule has 166 valence electrons. The lowest BCUT2D eigenvalue weighted by atomic mass is 10.1. The average molecular weight is 457 g/mol. The fourth-order valence-corrected chi connectivity index (χ4v) is 4.28. The second-order valence-corrected chi connectivity index (χ2v) is 7.99. The second kappa shape index (κ2) is 7.85. The van der Waals surface area contributed by atoms with Gasteiger partial charge in [-0.15, -0.1) is 10.2 Å². The molecule has 1 fully saturated rings. The molecular formula is C18H19F3N5O4P. The Morgan fingerprint density at radius 2 is 1.94 bits per heavy atom. The van der Waals surface area contributed by atoms with E-state index in [0.29, 0.717) is 13.1 Å². The zero-order chi connectivity index (χ0) is 22.4. The highest BCUT2D eigenvalue weighted by Gasteiger charge is 2.39. The molecule has 0 radical (unpaired) electrons. The number of benzene rings is 1. The van der Waals surface area contributed by atoms with E-state index in [9.17, 15) is 27.6 Å². The molecule has 0 saturated carbocycles. The Hall–Kier alpha value is -2.56. The summed E-state index contributed by atoms with van der Waals surface area (Å²) in [6.45, 7) is 2.42. The van der Waals surface area contributed by atoms with Gasteiger partial charge in [0.05, 0.1) is 22.3 Å². The Labute approximate surface area is 175 Å². The molecule has 0 bridgehead atoms. The van der Waals surface area contributed by atoms with Crippen molar-refractivity contribution in [2.75, 3.05) is 24.6 Å². The molecule has 1 atom stereocenters. The first-order valence-electron chi connectivity index (χ1n) is 9.68. The predicted octanol–water partition coefficient (Wildman–Crippen LogP) is 3.01. The largest absolute Gasteiger partial charge is 0.418 e. The molecule has 13 heteroatoms. The third kappa shape index (κ3) is 3.68. The summed E-state index contributed by atoms with van der Waals surface area (Å²) in [6.07, 6.45) is -2.20. The van der Waals surface area contributed by atoms with Gasteiger partial charge in [-0.05, 0) is 38.3 Å². The zero-order valence-electron chi connectivity index (χ0n) is 16.4. The SMILES string of the molecule is CCOC(O)(P=O)c1nnc2c(=O)[nH]c3cc(C(F)(F)F)c(N4CCCCC4)cc3n12. The molecule has 1 aliphatic heterocycles. The number of rotatable bonds is 5. The third-order valence-electron chi connectivity index (χ3n) is 5.23. The molecule has 4 rings (SSSR count). The summed E-state index contributed by atoms with van der Waals surface area (Å²) in [7, 11) is -0.869. The van der Waals surface area contributed by atoms with Gasteiger partial charge in [0, 0.05) is 19.7 Å². The quantitative estimate of drug-likeness (QED) is 0.447. The standard InChI is InChI=1S/C18H19F3N5O4P/c1-2-30-18(28,31-29)16-24-23-14-15(27)22-11-8-10(17(19,20)21)12(9-13(11)26(14)16)25-6-4-3-5-7-25/h8-9,28H,2-7H2,1H3,(H,22,27). The maximum absolute atomic E-state index is 13.9. The summed E-state index contributed by atoms with van der Waals surface area (Å²) >= 11 is 0. The highest BCUT2D eigenvalue weighted by Crippen LogP contribution is 2.40. The fraction of sp³-hybridized carbons (Fsp3) is 0.500. The number of anilines is 1. The van der Waals surface area contributed by atoms with E-state index in [4.69, 9.17) is 4.74 Å². The Bertz CT molecular complexity index is 1200. The van der Waals surface area contributed by atoms with Crippen LogP contribution in [-0.4, -0.2) is 44.4 Å². The maximum Gasteiger partial charge on any atom is 0.418 e. The van der Waals surface area contributed by atoms with Gasteiger partial charge < -0.3 is 19.7 Å². The van der Waals surface area contributed by atoms with Gasteiger partial charge >= 0.3 is 11.7 Å². The lowest BCUT2D eigenvalue weighted by Gasteiger charge is -2.31. The molecule has 2 N–H and O–H groups in total. The van der Waals surface area contributed by atoms with E-state index >= 15 is 0 Å². The van der Waals surface area contributed by atoms with Crippen molar-refractivity contribution < 1.29 is 27.6 Å². The Balaban J connectivity index is 2.08. The number of aromatic nitrogens is 4. The number of H-pyrrole nitrogens is 1. The zero-order valence-corrected chi connectivity index (χ0v) is 17.3. The van der Waals surface area contributed by atoms with Crippen LogP contribution in [0, 0.1) is 0 Å². The van der Waals surface area contributed by atoms with Gasteiger partial charge in [0.25, 0.3) is 5.56 Å². The smallest absolute Gasteiger partial charge is 0.371 e. The van der Waals surface area contributed by atoms with Crippen LogP contribution >= 0.6 is 8.46 Å². The molecule has 1 unspecified atom stereocenters. The second-order valence-electron chi connectivity index (χ2n) is 7.20. The van der Waals surface area contributed by atoms with E-state index in [0.717, 1.165) is 29.7 Å². The minimum atomic E-state index is -4.65. The van der Waals surface area contributed by atoms with E-state index in [-0.39, 0.29) is 34.8 Å². The first-order valence-corrected chi connectivity index (χ1v) is 10.5. The summed E-state index contributed by atoms with van der Waals surface area (Å²) in [5.41, 5.74) is -4.46. The number of ether oxygens (including phenoxy) is 1. The van der Waals surface area contributed by atoms with Gasteiger partial charge in [-0.25, -0.2) is 0 Å². The molecular weight excluding hydrogens is 438 g/mol. The molecule has 0 amide bonds. The van der Waals surface area contributed by atoms with Crippen molar-refractivity contribution in [3.8, 4) is 0 Å². The number of hydrogen-bond donors (Lipinski definition) is 2. The van der Waals surface area contributed by atoms with E-state index in [2.05, 4.69) is 15.2 Å². The van der Waals surface area contributed by atoms with Crippen molar-refractivity contribution in [1.82, 2.24) is 19.6 Å². The summed E-state index contributed by atoms with van der Waals surface area (Å²) in [6, 6.07) is 2.14. The summed E-state index contributed by atoms with van der Waals surface area (Å²) in [5, 5.41) is 18.1. The molecule has 0 aliphatic carbocycles. The highest BCUT2D eigenvalue weighted by atomic mass is 31.1. The van der Waals surface area contributed by atoms with Crippen LogP contribution < -0.4 is 10.5 Å². The van der Waals surface area contributed by atoms with Gasteiger partial charge in [0.2, 0.25) is 19.9 Å². The number of halogens is 3. The van der Waals surface area contributed by atoms with E-state index in [1.165, 1.54) is 6.07 Å². The van der Waals surface area contributed by atoms with Crippen LogP contribution in [-0.2, 0) is 21.0 Å². The van der Waals surface area contributed by atoms with Gasteiger partial charge in [-0.1, -0.05) is 0 Å². The number of piperidine rings is 1. The third-order valence-corrected chi connectivity index (χ3v) is 5.81. The first kappa shape index (κ1) is 21.7. The normalized spacial score (nSPS) is 17.5. The maximum atomic E-state index is 13.9. The van der Waals surface area contributed by atoms with Crippen LogP contribution in [0.3, 0.4) is 0 Å². The van der Waals surface area contributed by atoms with Gasteiger partial charge in [0.15, 0.2) is 0 Å². The minimum absolute atomic E-state index is 0.0426. The lowest BCUT2D eigenvalue weighted by Crippen LogP contribution is -2.31. The molecule has 3 aromatic rings. The lowest BCUT2D eigenvalue weighted by molar-refractivity contribution is -0.143. The Morgan fingerprint density at radius 1 is 1.23 bits per heavy atom. The number of nitrogens with one attached hydrogen (secondary N) is 1. The van der Waals surface area contributed by atoms with Crippen molar-refractivity contribution in [3.05, 3.63) is 33.9 Å². The minimum Gasteiger partial charge on any atom is -0.371 e. The summed E-state index contributed by atoms with van der Waals surface area (Å²) in [4.78, 5) is 16.5. The molecule has 1 aliphatic rings. The van der Waals surface area contributed by atoms with Crippen LogP contribution in [0.5, 0.6) is 0 Å². The number of nitrogens with zero attached hydrogens (tertiary/aromatic N) is 4. The topological polar surface area (TPSA) is 113 Å². The first-order chi connectivity index (χ1) is 14.7. The molecule has 1 aromatic carbocycles. The van der Waals surface area contributed by atoms with E-state index in [1.807, 2.05) is 0 Å². The summed E-state index contributed by atoms with van der Waals surface area (Å²) < 4.78 is 59.5. The van der Waals surface area contributed by atoms with E-state index < -0.39 is 31.3 Å². The molecule has 31 heavy (non-hydrogen) atoms. The van der Waals surface area contributed by atoms with Gasteiger partial charge in [0.1, 0.15) is 0 Å². The monoisotopic (exact) mass is 457 g/mol. The van der Waals surface area contributed by atoms with Crippen molar-refractivity contribution in [1.29, 1.82) is 0 Å². The van der Waals surface area contributed by atoms with Crippen LogP contribution in [0.2, 0.25) is 0 Å². The molecule has 3 heterocycles. The van der Waals surface area contributed by atoms with Crippen LogP contribution in [0.15, 0.2) is 16.9 Å². The number of fused-ring (bicyclic) bond motifs is 3. The molecule has 2 aromatic heterocycles. The van der Waals surface area contributed by atoms with Crippen LogP contribution in [0.1, 0.15) is 37.6 Å². The predicted molar refractivity (Wildman–Crippen MR) is 105 cm³/mol. The Kier molecular flexibility index (Phi) is 5.48. The van der Waals surface area contributed by atoms with Crippen molar-refractivity contribution in [2.24, 2.45) is 0 Å². The van der Waals surface area contributed by atoms with Crippen LogP contribution in [0.4, 0.5) is 18.9 Å². The Morgan fingerprint density at radius 3 is 2.55 bits per heavy atom. The number of hydrogen-bond acceptors (Lipinski definition) is 7. The number of aromatic amines is 1. The average Bonchev–Trinajstić information content (AvgIpc) is 3.20. The summed E-state index contributed by atoms with van der Waals surface area (Å²) in [5.74, 6) is -0.374. The van der Waals surface area contributed by atoms with Crippen molar-refractivity contribution >= 4 is 30.8 Å². The molecule has 1 saturated heterocycles.